The van der Waals surface area contributed by atoms with Crippen molar-refractivity contribution in [2.75, 3.05) is 11.9 Å². The van der Waals surface area contributed by atoms with Crippen LogP contribution in [0, 0.1) is 15.9 Å². The van der Waals surface area contributed by atoms with Gasteiger partial charge in [-0.1, -0.05) is 37.1 Å². The standard InChI is InChI=1S/C19H20FN3O3/c20-15-9-7-14(8-10-15)19(11-3-4-12-19)22-18(24)13-21-16-5-1-2-6-17(16)23(25)26/h1-2,5-10,21H,3-4,11-13H2,(H,22,24). The molecule has 0 atom stereocenters. The van der Waals surface area contributed by atoms with Gasteiger partial charge in [0.2, 0.25) is 5.91 Å². The van der Waals surface area contributed by atoms with Crippen molar-refractivity contribution in [1.82, 2.24) is 5.32 Å². The van der Waals surface area contributed by atoms with Crippen molar-refractivity contribution in [2.45, 2.75) is 31.2 Å². The van der Waals surface area contributed by atoms with E-state index >= 15 is 0 Å². The van der Waals surface area contributed by atoms with Crippen LogP contribution >= 0.6 is 0 Å². The Morgan fingerprint density at radius 3 is 2.42 bits per heavy atom. The molecule has 1 aliphatic rings. The lowest BCUT2D eigenvalue weighted by molar-refractivity contribution is -0.383. The molecule has 2 aromatic rings. The highest BCUT2D eigenvalue weighted by atomic mass is 19.1. The molecule has 6 nitrogen and oxygen atoms in total. The van der Waals surface area contributed by atoms with Crippen LogP contribution in [-0.2, 0) is 10.3 Å². The zero-order valence-corrected chi connectivity index (χ0v) is 14.2. The van der Waals surface area contributed by atoms with Crippen LogP contribution in [0.5, 0.6) is 0 Å². The maximum atomic E-state index is 13.2. The molecular formula is C19H20FN3O3. The van der Waals surface area contributed by atoms with E-state index in [-0.39, 0.29) is 24.0 Å². The molecule has 0 saturated heterocycles. The minimum atomic E-state index is -0.505. The van der Waals surface area contributed by atoms with Crippen LogP contribution in [0.25, 0.3) is 0 Å². The average molecular weight is 357 g/mol. The number of nitrogens with zero attached hydrogens (tertiary/aromatic N) is 1. The first-order valence-corrected chi connectivity index (χ1v) is 8.54. The Bertz CT molecular complexity index is 802. The summed E-state index contributed by atoms with van der Waals surface area (Å²) in [5.41, 5.74) is 0.606. The predicted molar refractivity (Wildman–Crippen MR) is 96.3 cm³/mol. The summed E-state index contributed by atoms with van der Waals surface area (Å²) in [7, 11) is 0. The molecule has 0 radical (unpaired) electrons. The van der Waals surface area contributed by atoms with Crippen LogP contribution in [0.4, 0.5) is 15.8 Å². The van der Waals surface area contributed by atoms with Crippen molar-refractivity contribution >= 4 is 17.3 Å². The molecule has 1 aliphatic carbocycles. The summed E-state index contributed by atoms with van der Waals surface area (Å²) in [4.78, 5) is 23.0. The molecule has 0 aromatic heterocycles. The number of nitro benzene ring substituents is 1. The fourth-order valence-corrected chi connectivity index (χ4v) is 3.50. The van der Waals surface area contributed by atoms with Crippen LogP contribution in [-0.4, -0.2) is 17.4 Å². The van der Waals surface area contributed by atoms with Gasteiger partial charge in [-0.3, -0.25) is 14.9 Å². The van der Waals surface area contributed by atoms with Gasteiger partial charge in [-0.2, -0.15) is 0 Å². The molecule has 3 rings (SSSR count). The van der Waals surface area contributed by atoms with Crippen molar-refractivity contribution in [3.63, 3.8) is 0 Å². The normalized spacial score (nSPS) is 15.4. The van der Waals surface area contributed by atoms with Crippen molar-refractivity contribution in [3.8, 4) is 0 Å². The third-order valence-electron chi connectivity index (χ3n) is 4.77. The number of nitro groups is 1. The van der Waals surface area contributed by atoms with E-state index in [1.165, 1.54) is 18.2 Å². The van der Waals surface area contributed by atoms with E-state index in [0.717, 1.165) is 31.2 Å². The molecule has 0 aliphatic heterocycles. The van der Waals surface area contributed by atoms with Gasteiger partial charge >= 0.3 is 0 Å². The smallest absolute Gasteiger partial charge is 0.292 e. The van der Waals surface area contributed by atoms with Crippen molar-refractivity contribution in [3.05, 3.63) is 70.0 Å². The first-order chi connectivity index (χ1) is 12.5. The summed E-state index contributed by atoms with van der Waals surface area (Å²) in [5, 5.41) is 16.9. The molecule has 0 spiro atoms. The van der Waals surface area contributed by atoms with Gasteiger partial charge in [0.1, 0.15) is 11.5 Å². The summed E-state index contributed by atoms with van der Waals surface area (Å²) in [6.45, 7) is -0.0756. The van der Waals surface area contributed by atoms with Crippen LogP contribution in [0.3, 0.4) is 0 Å². The number of para-hydroxylation sites is 2. The molecule has 2 aromatic carbocycles. The quantitative estimate of drug-likeness (QED) is 0.609. The highest BCUT2D eigenvalue weighted by Gasteiger charge is 2.36. The maximum absolute atomic E-state index is 13.2. The summed E-state index contributed by atoms with van der Waals surface area (Å²) >= 11 is 0. The van der Waals surface area contributed by atoms with Gasteiger partial charge in [0.15, 0.2) is 0 Å². The Morgan fingerprint density at radius 1 is 1.12 bits per heavy atom. The third kappa shape index (κ3) is 3.82. The maximum Gasteiger partial charge on any atom is 0.292 e. The number of amides is 1. The lowest BCUT2D eigenvalue weighted by Gasteiger charge is -2.31. The summed E-state index contributed by atoms with van der Waals surface area (Å²) in [5.74, 6) is -0.569. The van der Waals surface area contributed by atoms with Gasteiger partial charge in [-0.05, 0) is 36.6 Å². The largest absolute Gasteiger partial charge is 0.371 e. The molecule has 136 valence electrons. The van der Waals surface area contributed by atoms with E-state index in [4.69, 9.17) is 0 Å². The zero-order chi connectivity index (χ0) is 18.6. The predicted octanol–water partition coefficient (Wildman–Crippen LogP) is 3.73. The number of anilines is 1. The highest BCUT2D eigenvalue weighted by molar-refractivity contribution is 5.82. The van der Waals surface area contributed by atoms with Gasteiger partial charge in [-0.25, -0.2) is 4.39 Å². The second kappa shape index (κ2) is 7.51. The van der Waals surface area contributed by atoms with E-state index in [2.05, 4.69) is 10.6 Å². The van der Waals surface area contributed by atoms with E-state index < -0.39 is 10.5 Å². The van der Waals surface area contributed by atoms with E-state index in [0.29, 0.717) is 5.69 Å². The molecule has 1 fully saturated rings. The first-order valence-electron chi connectivity index (χ1n) is 8.54. The Kier molecular flexibility index (Phi) is 5.16. The molecule has 0 heterocycles. The average Bonchev–Trinajstić information content (AvgIpc) is 3.10. The molecule has 7 heteroatoms. The molecule has 1 amide bonds. The summed E-state index contributed by atoms with van der Waals surface area (Å²) < 4.78 is 13.2. The molecule has 26 heavy (non-hydrogen) atoms. The van der Waals surface area contributed by atoms with E-state index in [1.807, 2.05) is 0 Å². The Hall–Kier alpha value is -2.96. The fraction of sp³-hybridized carbons (Fsp3) is 0.316. The number of nitrogens with one attached hydrogen (secondary N) is 2. The number of hydrogen-bond acceptors (Lipinski definition) is 4. The second-order valence-corrected chi connectivity index (χ2v) is 6.47. The van der Waals surface area contributed by atoms with Gasteiger partial charge < -0.3 is 10.6 Å². The summed E-state index contributed by atoms with van der Waals surface area (Å²) in [6, 6.07) is 12.4. The lowest BCUT2D eigenvalue weighted by Crippen LogP contribution is -2.46. The second-order valence-electron chi connectivity index (χ2n) is 6.47. The van der Waals surface area contributed by atoms with Crippen LogP contribution < -0.4 is 10.6 Å². The van der Waals surface area contributed by atoms with Gasteiger partial charge in [-0.15, -0.1) is 0 Å². The Labute approximate surface area is 150 Å². The number of rotatable bonds is 6. The fourth-order valence-electron chi connectivity index (χ4n) is 3.50. The Balaban J connectivity index is 1.70. The number of halogens is 1. The molecule has 0 unspecified atom stereocenters. The lowest BCUT2D eigenvalue weighted by atomic mass is 9.88. The number of carbonyl (C=O) groups is 1. The van der Waals surface area contributed by atoms with Crippen LogP contribution in [0.1, 0.15) is 31.2 Å². The monoisotopic (exact) mass is 357 g/mol. The SMILES string of the molecule is O=C(CNc1ccccc1[N+](=O)[O-])NC1(c2ccc(F)cc2)CCCC1. The zero-order valence-electron chi connectivity index (χ0n) is 14.2. The van der Waals surface area contributed by atoms with Gasteiger partial charge in [0.05, 0.1) is 17.0 Å². The molecule has 1 saturated carbocycles. The van der Waals surface area contributed by atoms with Crippen LogP contribution in [0.2, 0.25) is 0 Å². The highest BCUT2D eigenvalue weighted by Crippen LogP contribution is 2.38. The van der Waals surface area contributed by atoms with E-state index in [9.17, 15) is 19.3 Å². The molecular weight excluding hydrogens is 337 g/mol. The molecule has 0 bridgehead atoms. The number of carbonyl (C=O) groups excluding carboxylic acids is 1. The minimum Gasteiger partial charge on any atom is -0.371 e. The number of hydrogen-bond donors (Lipinski definition) is 2. The number of benzene rings is 2. The third-order valence-corrected chi connectivity index (χ3v) is 4.77. The first kappa shape index (κ1) is 17.8. The molecule has 2 N–H and O–H groups in total. The van der Waals surface area contributed by atoms with Gasteiger partial charge in [0.25, 0.3) is 5.69 Å². The van der Waals surface area contributed by atoms with Crippen LogP contribution in [0.15, 0.2) is 48.5 Å². The summed E-state index contributed by atoms with van der Waals surface area (Å²) in [6.07, 6.45) is 3.54. The minimum absolute atomic E-state index is 0.0746. The van der Waals surface area contributed by atoms with Crippen molar-refractivity contribution < 1.29 is 14.1 Å². The van der Waals surface area contributed by atoms with Crippen molar-refractivity contribution in [2.24, 2.45) is 0 Å². The van der Waals surface area contributed by atoms with Crippen molar-refractivity contribution in [1.29, 1.82) is 0 Å². The topological polar surface area (TPSA) is 84.3 Å². The Morgan fingerprint density at radius 2 is 1.77 bits per heavy atom. The van der Waals surface area contributed by atoms with E-state index in [1.54, 1.807) is 30.3 Å². The van der Waals surface area contributed by atoms with Gasteiger partial charge in [0, 0.05) is 6.07 Å².